The quantitative estimate of drug-likeness (QED) is 0.646. The zero-order chi connectivity index (χ0) is 11.1. The molecule has 0 nitrogen and oxygen atoms in total. The molecular weight excluding hydrogens is 168 g/mol. The second-order valence-corrected chi connectivity index (χ2v) is 4.09. The molecule has 0 saturated heterocycles. The summed E-state index contributed by atoms with van der Waals surface area (Å²) in [6, 6.07) is 6.80. The minimum atomic E-state index is 0.756. The highest BCUT2D eigenvalue weighted by molar-refractivity contribution is 5.28. The Hall–Kier alpha value is -0.780. The molecule has 0 aromatic heterocycles. The normalized spacial score (nSPS) is 9.64. The Labute approximate surface area is 89.4 Å². The van der Waals surface area contributed by atoms with Crippen LogP contribution in [0.5, 0.6) is 0 Å². The lowest BCUT2D eigenvalue weighted by molar-refractivity contribution is 0.646. The highest BCUT2D eigenvalue weighted by Gasteiger charge is 1.98. The van der Waals surface area contributed by atoms with Gasteiger partial charge >= 0.3 is 0 Å². The lowest BCUT2D eigenvalue weighted by Gasteiger charge is -2.06. The van der Waals surface area contributed by atoms with Crippen molar-refractivity contribution in [3.8, 4) is 0 Å². The maximum atomic E-state index is 2.28. The maximum Gasteiger partial charge on any atom is -0.0255 e. The van der Waals surface area contributed by atoms with Crippen LogP contribution in [0.2, 0.25) is 0 Å². The molecule has 0 aliphatic heterocycles. The topological polar surface area (TPSA) is 0 Å². The van der Waals surface area contributed by atoms with Crippen LogP contribution >= 0.6 is 0 Å². The van der Waals surface area contributed by atoms with Crippen molar-refractivity contribution in [1.29, 1.82) is 0 Å². The van der Waals surface area contributed by atoms with E-state index in [2.05, 4.69) is 45.9 Å². The first kappa shape index (κ1) is 13.2. The van der Waals surface area contributed by atoms with Crippen LogP contribution in [0.15, 0.2) is 18.2 Å². The summed E-state index contributed by atoms with van der Waals surface area (Å²) in [5.74, 6) is 0.756. The highest BCUT2D eigenvalue weighted by atomic mass is 14.0. The summed E-state index contributed by atoms with van der Waals surface area (Å²) in [6.45, 7) is 12.9. The van der Waals surface area contributed by atoms with Gasteiger partial charge in [0.2, 0.25) is 0 Å². The third kappa shape index (κ3) is 5.06. The van der Waals surface area contributed by atoms with Gasteiger partial charge in [0.05, 0.1) is 0 Å². The minimum Gasteiger partial charge on any atom is -0.0683 e. The Kier molecular flexibility index (Phi) is 6.27. The Morgan fingerprint density at radius 2 is 1.36 bits per heavy atom. The van der Waals surface area contributed by atoms with Crippen molar-refractivity contribution in [3.05, 3.63) is 34.9 Å². The van der Waals surface area contributed by atoms with Crippen molar-refractivity contribution in [1.82, 2.24) is 0 Å². The first-order chi connectivity index (χ1) is 6.58. The molecule has 0 aliphatic rings. The summed E-state index contributed by atoms with van der Waals surface area (Å²) < 4.78 is 0. The molecule has 0 unspecified atom stereocenters. The molecule has 1 aromatic rings. The van der Waals surface area contributed by atoms with Gasteiger partial charge in [-0.05, 0) is 31.7 Å². The molecule has 80 valence electrons. The summed E-state index contributed by atoms with van der Waals surface area (Å²) in [5, 5.41) is 0. The van der Waals surface area contributed by atoms with Gasteiger partial charge in [0.15, 0.2) is 0 Å². The number of rotatable bonds is 2. The first-order valence-electron chi connectivity index (χ1n) is 5.65. The van der Waals surface area contributed by atoms with E-state index in [1.54, 1.807) is 0 Å². The molecule has 1 aromatic carbocycles. The van der Waals surface area contributed by atoms with Gasteiger partial charge in [-0.15, -0.1) is 0 Å². The van der Waals surface area contributed by atoms with Gasteiger partial charge in [-0.3, -0.25) is 0 Å². The van der Waals surface area contributed by atoms with Crippen LogP contribution in [0.4, 0.5) is 0 Å². The molecule has 14 heavy (non-hydrogen) atoms. The third-order valence-corrected chi connectivity index (χ3v) is 1.93. The Bertz CT molecular complexity index is 238. The molecule has 0 aliphatic carbocycles. The summed E-state index contributed by atoms with van der Waals surface area (Å²) >= 11 is 0. The maximum absolute atomic E-state index is 2.28. The fraction of sp³-hybridized carbons (Fsp3) is 0.571. The Morgan fingerprint density at radius 3 is 1.71 bits per heavy atom. The molecule has 0 amide bonds. The van der Waals surface area contributed by atoms with E-state index >= 15 is 0 Å². The van der Waals surface area contributed by atoms with Crippen LogP contribution < -0.4 is 0 Å². The van der Waals surface area contributed by atoms with Gasteiger partial charge in [-0.2, -0.15) is 0 Å². The molecule has 0 saturated carbocycles. The van der Waals surface area contributed by atoms with E-state index in [4.69, 9.17) is 0 Å². The van der Waals surface area contributed by atoms with E-state index in [9.17, 15) is 0 Å². The molecule has 0 heterocycles. The van der Waals surface area contributed by atoms with Crippen LogP contribution in [0.25, 0.3) is 0 Å². The van der Waals surface area contributed by atoms with Crippen molar-refractivity contribution in [2.24, 2.45) is 5.92 Å². The SMILES string of the molecule is CC.Cc1cc(C)cc(CC(C)C)c1. The lowest BCUT2D eigenvalue weighted by Crippen LogP contribution is -1.94. The molecular formula is C14H24. The second-order valence-electron chi connectivity index (χ2n) is 4.09. The predicted molar refractivity (Wildman–Crippen MR) is 65.8 cm³/mol. The summed E-state index contributed by atoms with van der Waals surface area (Å²) in [5.41, 5.74) is 4.24. The van der Waals surface area contributed by atoms with E-state index < -0.39 is 0 Å². The molecule has 0 spiro atoms. The van der Waals surface area contributed by atoms with Crippen molar-refractivity contribution in [2.75, 3.05) is 0 Å². The van der Waals surface area contributed by atoms with E-state index in [1.165, 1.54) is 23.1 Å². The predicted octanol–water partition coefficient (Wildman–Crippen LogP) is 4.53. The van der Waals surface area contributed by atoms with Gasteiger partial charge in [-0.1, -0.05) is 57.0 Å². The fourth-order valence-corrected chi connectivity index (χ4v) is 1.66. The number of benzene rings is 1. The zero-order valence-electron chi connectivity index (χ0n) is 10.5. The van der Waals surface area contributed by atoms with Crippen LogP contribution in [-0.4, -0.2) is 0 Å². The van der Waals surface area contributed by atoms with Crippen molar-refractivity contribution in [3.63, 3.8) is 0 Å². The standard InChI is InChI=1S/C12H18.C2H6/c1-9(2)5-12-7-10(3)6-11(4)8-12;1-2/h6-9H,5H2,1-4H3;1-2H3. The van der Waals surface area contributed by atoms with Crippen LogP contribution in [0.1, 0.15) is 44.4 Å². The molecule has 0 radical (unpaired) electrons. The van der Waals surface area contributed by atoms with Gasteiger partial charge in [-0.25, -0.2) is 0 Å². The van der Waals surface area contributed by atoms with Crippen molar-refractivity contribution < 1.29 is 0 Å². The largest absolute Gasteiger partial charge is 0.0683 e. The average Bonchev–Trinajstić information content (AvgIpc) is 2.04. The van der Waals surface area contributed by atoms with Gasteiger partial charge in [0.1, 0.15) is 0 Å². The monoisotopic (exact) mass is 192 g/mol. The molecule has 0 bridgehead atoms. The molecule has 0 heteroatoms. The summed E-state index contributed by atoms with van der Waals surface area (Å²) in [4.78, 5) is 0. The number of aryl methyl sites for hydroxylation is 2. The summed E-state index contributed by atoms with van der Waals surface area (Å²) in [6.07, 6.45) is 1.20. The molecule has 1 rings (SSSR count). The lowest BCUT2D eigenvalue weighted by atomic mass is 9.99. The van der Waals surface area contributed by atoms with Crippen LogP contribution in [0.3, 0.4) is 0 Å². The zero-order valence-corrected chi connectivity index (χ0v) is 10.5. The third-order valence-electron chi connectivity index (χ3n) is 1.93. The second kappa shape index (κ2) is 6.64. The number of hydrogen-bond acceptors (Lipinski definition) is 0. The molecule has 0 atom stereocenters. The van der Waals surface area contributed by atoms with E-state index in [0.29, 0.717) is 0 Å². The molecule has 0 fully saturated rings. The van der Waals surface area contributed by atoms with E-state index in [1.807, 2.05) is 13.8 Å². The van der Waals surface area contributed by atoms with Crippen molar-refractivity contribution >= 4 is 0 Å². The average molecular weight is 192 g/mol. The first-order valence-corrected chi connectivity index (χ1v) is 5.65. The van der Waals surface area contributed by atoms with Crippen LogP contribution in [-0.2, 0) is 6.42 Å². The van der Waals surface area contributed by atoms with Gasteiger partial charge in [0.25, 0.3) is 0 Å². The highest BCUT2D eigenvalue weighted by Crippen LogP contribution is 2.12. The van der Waals surface area contributed by atoms with Crippen LogP contribution in [0, 0.1) is 19.8 Å². The smallest absolute Gasteiger partial charge is 0.0255 e. The Balaban J connectivity index is 0.000000791. The fourth-order valence-electron chi connectivity index (χ4n) is 1.66. The van der Waals surface area contributed by atoms with E-state index in [0.717, 1.165) is 5.92 Å². The van der Waals surface area contributed by atoms with E-state index in [-0.39, 0.29) is 0 Å². The molecule has 0 N–H and O–H groups in total. The minimum absolute atomic E-state index is 0.756. The van der Waals surface area contributed by atoms with Crippen molar-refractivity contribution in [2.45, 2.75) is 48.0 Å². The Morgan fingerprint density at radius 1 is 0.929 bits per heavy atom. The number of hydrogen-bond donors (Lipinski definition) is 0. The van der Waals surface area contributed by atoms with Gasteiger partial charge < -0.3 is 0 Å². The summed E-state index contributed by atoms with van der Waals surface area (Å²) in [7, 11) is 0. The van der Waals surface area contributed by atoms with Gasteiger partial charge in [0, 0.05) is 0 Å².